The molecule has 3 aromatic heterocycles. The third kappa shape index (κ3) is 3.32. The van der Waals surface area contributed by atoms with Crippen LogP contribution in [-0.2, 0) is 27.1 Å². The van der Waals surface area contributed by atoms with E-state index in [1.165, 1.54) is 27.6 Å². The minimum atomic E-state index is -0.618. The summed E-state index contributed by atoms with van der Waals surface area (Å²) in [7, 11) is 2.83. The number of fused-ring (bicyclic) bond motifs is 3. The molecule has 4 rings (SSSR count). The van der Waals surface area contributed by atoms with Gasteiger partial charge in [0, 0.05) is 14.1 Å². The van der Waals surface area contributed by atoms with Gasteiger partial charge in [0.25, 0.3) is 11.1 Å². The van der Waals surface area contributed by atoms with Gasteiger partial charge in [-0.3, -0.25) is 23.3 Å². The third-order valence-corrected chi connectivity index (χ3v) is 6.31. The minimum absolute atomic E-state index is 0.0164. The van der Waals surface area contributed by atoms with Crippen molar-refractivity contribution >= 4 is 40.1 Å². The molecule has 4 aromatic rings. The summed E-state index contributed by atoms with van der Waals surface area (Å²) in [6, 6.07) is 5.00. The molecule has 0 atom stereocenters. The molecule has 1 N–H and O–H groups in total. The summed E-state index contributed by atoms with van der Waals surface area (Å²) in [5.74, 6) is -0.297. The fourth-order valence-corrected chi connectivity index (χ4v) is 4.11. The van der Waals surface area contributed by atoms with Gasteiger partial charge < -0.3 is 5.11 Å². The number of halogens is 2. The fraction of sp³-hybridized carbons (Fsp3) is 0.333. The maximum Gasteiger partial charge on any atom is 0.332 e. The van der Waals surface area contributed by atoms with Crippen molar-refractivity contribution in [2.24, 2.45) is 14.1 Å². The van der Waals surface area contributed by atoms with Crippen molar-refractivity contribution in [1.82, 2.24) is 23.1 Å². The van der Waals surface area contributed by atoms with Crippen molar-refractivity contribution in [3.63, 3.8) is 0 Å². The molecule has 0 radical (unpaired) electrons. The van der Waals surface area contributed by atoms with Crippen LogP contribution in [-0.4, -0.2) is 28.2 Å². The SMILES string of the molecule is CCCCc1c(O)n2c3c(=O)n(C)c(=O)n(C)c3nc2n(Cc2ccc(Cl)c(Cl)c2)c1=O. The van der Waals surface area contributed by atoms with Crippen LogP contribution in [0.3, 0.4) is 0 Å². The maximum absolute atomic E-state index is 13.4. The van der Waals surface area contributed by atoms with Crippen LogP contribution >= 0.6 is 23.2 Å². The lowest BCUT2D eigenvalue weighted by molar-refractivity contribution is 0.432. The Kier molecular flexibility index (Phi) is 5.64. The Morgan fingerprint density at radius 3 is 2.41 bits per heavy atom. The maximum atomic E-state index is 13.4. The van der Waals surface area contributed by atoms with Gasteiger partial charge in [-0.25, -0.2) is 9.20 Å². The molecular formula is C21H21Cl2N5O4. The Bertz CT molecular complexity index is 1560. The molecule has 168 valence electrons. The number of imidazole rings is 1. The molecule has 0 amide bonds. The molecule has 0 saturated heterocycles. The second kappa shape index (κ2) is 8.14. The van der Waals surface area contributed by atoms with E-state index in [0.29, 0.717) is 28.5 Å². The zero-order chi connectivity index (χ0) is 23.3. The summed E-state index contributed by atoms with van der Waals surface area (Å²) >= 11 is 12.2. The van der Waals surface area contributed by atoms with Crippen molar-refractivity contribution in [1.29, 1.82) is 0 Å². The van der Waals surface area contributed by atoms with Crippen LogP contribution in [0.2, 0.25) is 10.0 Å². The van der Waals surface area contributed by atoms with E-state index >= 15 is 0 Å². The lowest BCUT2D eigenvalue weighted by Gasteiger charge is -2.13. The summed E-state index contributed by atoms with van der Waals surface area (Å²) in [6.45, 7) is 2.05. The molecule has 32 heavy (non-hydrogen) atoms. The number of aryl methyl sites for hydroxylation is 1. The molecule has 0 saturated carbocycles. The van der Waals surface area contributed by atoms with Crippen molar-refractivity contribution in [2.45, 2.75) is 32.7 Å². The van der Waals surface area contributed by atoms with Crippen LogP contribution in [0.1, 0.15) is 30.9 Å². The Morgan fingerprint density at radius 2 is 1.75 bits per heavy atom. The van der Waals surface area contributed by atoms with Crippen LogP contribution in [0.4, 0.5) is 0 Å². The molecule has 0 fully saturated rings. The van der Waals surface area contributed by atoms with E-state index in [4.69, 9.17) is 23.2 Å². The van der Waals surface area contributed by atoms with Gasteiger partial charge in [-0.1, -0.05) is 42.6 Å². The van der Waals surface area contributed by atoms with Crippen LogP contribution in [0.25, 0.3) is 16.9 Å². The summed E-state index contributed by atoms with van der Waals surface area (Å²) in [5.41, 5.74) is -0.654. The average Bonchev–Trinajstić information content (AvgIpc) is 3.17. The van der Waals surface area contributed by atoms with E-state index in [1.807, 2.05) is 6.92 Å². The number of hydrogen-bond acceptors (Lipinski definition) is 5. The molecule has 0 aliphatic rings. The van der Waals surface area contributed by atoms with Gasteiger partial charge in [-0.15, -0.1) is 0 Å². The van der Waals surface area contributed by atoms with Crippen LogP contribution < -0.4 is 16.8 Å². The van der Waals surface area contributed by atoms with E-state index in [2.05, 4.69) is 4.98 Å². The standard InChI is InChI=1S/C21H21Cl2N5O4/c1-4-5-6-12-17(29)27(10-11-7-8-13(22)14(23)9-11)20-24-16-15(28(20)18(12)30)19(31)26(3)21(32)25(16)2/h7-9,30H,4-6,10H2,1-3H3. The Balaban J connectivity index is 2.14. The molecule has 0 bridgehead atoms. The van der Waals surface area contributed by atoms with Crippen molar-refractivity contribution in [3.05, 3.63) is 70.6 Å². The van der Waals surface area contributed by atoms with Crippen molar-refractivity contribution in [3.8, 4) is 5.88 Å². The van der Waals surface area contributed by atoms with Gasteiger partial charge in [-0.2, -0.15) is 4.98 Å². The Hall–Kier alpha value is -3.04. The third-order valence-electron chi connectivity index (χ3n) is 5.57. The highest BCUT2D eigenvalue weighted by atomic mass is 35.5. The molecule has 11 heteroatoms. The number of benzene rings is 1. The lowest BCUT2D eigenvalue weighted by Crippen LogP contribution is -2.37. The minimum Gasteiger partial charge on any atom is -0.494 e. The molecule has 3 heterocycles. The topological polar surface area (TPSA) is 104 Å². The number of rotatable bonds is 5. The predicted octanol–water partition coefficient (Wildman–Crippen LogP) is 2.45. The van der Waals surface area contributed by atoms with Crippen molar-refractivity contribution in [2.75, 3.05) is 0 Å². The van der Waals surface area contributed by atoms with E-state index in [1.54, 1.807) is 18.2 Å². The largest absolute Gasteiger partial charge is 0.494 e. The van der Waals surface area contributed by atoms with E-state index in [9.17, 15) is 19.5 Å². The first-order chi connectivity index (χ1) is 15.2. The van der Waals surface area contributed by atoms with Gasteiger partial charge in [0.05, 0.1) is 22.2 Å². The first-order valence-corrected chi connectivity index (χ1v) is 10.8. The summed E-state index contributed by atoms with van der Waals surface area (Å²) in [6.07, 6.45) is 1.80. The fourth-order valence-electron chi connectivity index (χ4n) is 3.79. The summed E-state index contributed by atoms with van der Waals surface area (Å²) in [4.78, 5) is 43.2. The van der Waals surface area contributed by atoms with Gasteiger partial charge in [0.15, 0.2) is 11.2 Å². The van der Waals surface area contributed by atoms with Gasteiger partial charge >= 0.3 is 5.69 Å². The smallest absolute Gasteiger partial charge is 0.332 e. The number of unbranched alkanes of at least 4 members (excludes halogenated alkanes) is 1. The van der Waals surface area contributed by atoms with Gasteiger partial charge in [0.1, 0.15) is 0 Å². The quantitative estimate of drug-likeness (QED) is 0.475. The highest BCUT2D eigenvalue weighted by Gasteiger charge is 2.24. The average molecular weight is 478 g/mol. The molecule has 1 aromatic carbocycles. The zero-order valence-electron chi connectivity index (χ0n) is 17.7. The van der Waals surface area contributed by atoms with Crippen LogP contribution in [0.15, 0.2) is 32.6 Å². The summed E-state index contributed by atoms with van der Waals surface area (Å²) in [5, 5.41) is 11.7. The second-order valence-corrected chi connectivity index (χ2v) is 8.49. The number of aromatic hydroxyl groups is 1. The number of nitrogens with zero attached hydrogens (tertiary/aromatic N) is 5. The Labute approximate surface area is 191 Å². The van der Waals surface area contributed by atoms with Crippen LogP contribution in [0, 0.1) is 0 Å². The zero-order valence-corrected chi connectivity index (χ0v) is 19.2. The molecule has 9 nitrogen and oxygen atoms in total. The lowest BCUT2D eigenvalue weighted by atomic mass is 10.1. The highest BCUT2D eigenvalue weighted by molar-refractivity contribution is 6.42. The molecule has 0 unspecified atom stereocenters. The highest BCUT2D eigenvalue weighted by Crippen LogP contribution is 2.25. The first kappa shape index (κ1) is 22.2. The van der Waals surface area contributed by atoms with E-state index < -0.39 is 16.8 Å². The predicted molar refractivity (Wildman–Crippen MR) is 123 cm³/mol. The molecule has 0 aliphatic carbocycles. The summed E-state index contributed by atoms with van der Waals surface area (Å²) < 4.78 is 4.77. The molecule has 0 spiro atoms. The van der Waals surface area contributed by atoms with Gasteiger partial charge in [0.2, 0.25) is 11.7 Å². The monoisotopic (exact) mass is 477 g/mol. The van der Waals surface area contributed by atoms with E-state index in [-0.39, 0.29) is 34.9 Å². The van der Waals surface area contributed by atoms with Crippen LogP contribution in [0.5, 0.6) is 5.88 Å². The molecular weight excluding hydrogens is 457 g/mol. The van der Waals surface area contributed by atoms with Gasteiger partial charge in [-0.05, 0) is 30.5 Å². The first-order valence-electron chi connectivity index (χ1n) is 10.0. The normalized spacial score (nSPS) is 11.7. The van der Waals surface area contributed by atoms with Crippen molar-refractivity contribution < 1.29 is 5.11 Å². The number of hydrogen-bond donors (Lipinski definition) is 1. The van der Waals surface area contributed by atoms with E-state index in [0.717, 1.165) is 11.0 Å². The number of aromatic nitrogens is 5. The molecule has 0 aliphatic heterocycles. The Morgan fingerprint density at radius 1 is 1.03 bits per heavy atom. The second-order valence-electron chi connectivity index (χ2n) is 7.67.